The molecule has 0 N–H and O–H groups in total. The minimum atomic E-state index is -0.144. The maximum absolute atomic E-state index is 6.32. The second kappa shape index (κ2) is 9.22. The first kappa shape index (κ1) is 24.7. The lowest BCUT2D eigenvalue weighted by molar-refractivity contribution is 0.631. The van der Waals surface area contributed by atoms with Gasteiger partial charge in [0.25, 0.3) is 0 Å². The number of aryl methyl sites for hydroxylation is 1. The van der Waals surface area contributed by atoms with Crippen LogP contribution < -0.4 is 4.90 Å². The molecule has 202 valence electrons. The van der Waals surface area contributed by atoms with Crippen LogP contribution in [0.25, 0.3) is 44.2 Å². The summed E-state index contributed by atoms with van der Waals surface area (Å²) in [7, 11) is 0. The van der Waals surface area contributed by atoms with E-state index in [1.807, 2.05) is 12.1 Å². The van der Waals surface area contributed by atoms with Crippen molar-refractivity contribution in [2.24, 2.45) is 0 Å². The minimum Gasteiger partial charge on any atom is -0.455 e. The number of benzene rings is 6. The molecule has 0 aliphatic carbocycles. The largest absolute Gasteiger partial charge is 0.455 e. The minimum absolute atomic E-state index is 0.144. The van der Waals surface area contributed by atoms with Crippen LogP contribution in [0.2, 0.25) is 0 Å². The van der Waals surface area contributed by atoms with Gasteiger partial charge in [0.15, 0.2) is 0 Å². The summed E-state index contributed by atoms with van der Waals surface area (Å²) in [6, 6.07) is 48.1. The first-order valence-electron chi connectivity index (χ1n) is 14.6. The van der Waals surface area contributed by atoms with Gasteiger partial charge >= 0.3 is 0 Å². The van der Waals surface area contributed by atoms with E-state index in [2.05, 4.69) is 147 Å². The van der Waals surface area contributed by atoms with Crippen LogP contribution in [0.3, 0.4) is 0 Å². The molecule has 0 saturated heterocycles. The number of furan rings is 1. The average Bonchev–Trinajstić information content (AvgIpc) is 3.41. The molecule has 0 atom stereocenters. The molecule has 1 aromatic heterocycles. The zero-order valence-corrected chi connectivity index (χ0v) is 24.1. The van der Waals surface area contributed by atoms with Crippen molar-refractivity contribution in [3.63, 3.8) is 0 Å². The molecule has 0 unspecified atom stereocenters. The molecule has 0 spiro atoms. The van der Waals surface area contributed by atoms with Crippen molar-refractivity contribution >= 4 is 39.0 Å². The Bertz CT molecular complexity index is 2120. The van der Waals surface area contributed by atoms with Gasteiger partial charge in [-0.15, -0.1) is 0 Å². The van der Waals surface area contributed by atoms with Gasteiger partial charge in [-0.25, -0.2) is 0 Å². The van der Waals surface area contributed by atoms with E-state index in [0.717, 1.165) is 33.1 Å². The third-order valence-electron chi connectivity index (χ3n) is 8.93. The van der Waals surface area contributed by atoms with Gasteiger partial charge in [0.2, 0.25) is 0 Å². The highest BCUT2D eigenvalue weighted by Crippen LogP contribution is 2.52. The molecule has 0 bridgehead atoms. The monoisotopic (exact) mass is 541 g/mol. The molecule has 0 radical (unpaired) electrons. The van der Waals surface area contributed by atoms with Gasteiger partial charge in [0, 0.05) is 27.4 Å². The van der Waals surface area contributed by atoms with Crippen molar-refractivity contribution in [2.45, 2.75) is 26.2 Å². The van der Waals surface area contributed by atoms with Crippen LogP contribution in [0.5, 0.6) is 0 Å². The number of fused-ring (bicyclic) bond motifs is 5. The molecule has 0 saturated carbocycles. The quantitative estimate of drug-likeness (QED) is 0.221. The van der Waals surface area contributed by atoms with Crippen LogP contribution >= 0.6 is 0 Å². The molecule has 8 rings (SSSR count). The van der Waals surface area contributed by atoms with Crippen molar-refractivity contribution in [1.82, 2.24) is 0 Å². The number of para-hydroxylation sites is 3. The topological polar surface area (TPSA) is 16.4 Å². The first-order chi connectivity index (χ1) is 20.5. The van der Waals surface area contributed by atoms with Crippen LogP contribution in [0.15, 0.2) is 138 Å². The first-order valence-corrected chi connectivity index (χ1v) is 14.6. The predicted octanol–water partition coefficient (Wildman–Crippen LogP) is 11.3. The van der Waals surface area contributed by atoms with E-state index in [4.69, 9.17) is 4.42 Å². The fourth-order valence-corrected chi connectivity index (χ4v) is 6.70. The lowest BCUT2D eigenvalue weighted by Crippen LogP contribution is -2.30. The second-order valence-electron chi connectivity index (χ2n) is 11.9. The van der Waals surface area contributed by atoms with E-state index in [1.54, 1.807) is 0 Å². The van der Waals surface area contributed by atoms with Crippen LogP contribution in [0.1, 0.15) is 30.5 Å². The van der Waals surface area contributed by atoms with Gasteiger partial charge in [-0.05, 0) is 71.1 Å². The Hall–Kier alpha value is -5.08. The van der Waals surface area contributed by atoms with Gasteiger partial charge in [0.05, 0.1) is 11.4 Å². The third kappa shape index (κ3) is 3.72. The predicted molar refractivity (Wildman–Crippen MR) is 176 cm³/mol. The summed E-state index contributed by atoms with van der Waals surface area (Å²) in [6.07, 6.45) is 0. The van der Waals surface area contributed by atoms with Crippen LogP contribution in [-0.2, 0) is 5.41 Å². The number of hydrogen-bond donors (Lipinski definition) is 0. The van der Waals surface area contributed by atoms with E-state index in [0.29, 0.717) is 0 Å². The summed E-state index contributed by atoms with van der Waals surface area (Å²) >= 11 is 0. The number of hydrogen-bond acceptors (Lipinski definition) is 2. The summed E-state index contributed by atoms with van der Waals surface area (Å²) in [5.41, 5.74) is 14.1. The molecule has 42 heavy (non-hydrogen) atoms. The van der Waals surface area contributed by atoms with Crippen LogP contribution in [0.4, 0.5) is 17.1 Å². The lowest BCUT2D eigenvalue weighted by atomic mass is 9.72. The maximum atomic E-state index is 6.32. The third-order valence-corrected chi connectivity index (χ3v) is 8.93. The second-order valence-corrected chi connectivity index (χ2v) is 11.9. The van der Waals surface area contributed by atoms with Crippen molar-refractivity contribution in [1.29, 1.82) is 0 Å². The highest BCUT2D eigenvalue weighted by Gasteiger charge is 2.37. The van der Waals surface area contributed by atoms with Crippen molar-refractivity contribution in [3.8, 4) is 22.3 Å². The number of rotatable bonds is 3. The van der Waals surface area contributed by atoms with Gasteiger partial charge in [0.1, 0.15) is 11.2 Å². The van der Waals surface area contributed by atoms with Gasteiger partial charge < -0.3 is 9.32 Å². The van der Waals surface area contributed by atoms with E-state index in [1.165, 1.54) is 44.9 Å². The van der Waals surface area contributed by atoms with E-state index in [-0.39, 0.29) is 5.41 Å². The van der Waals surface area contributed by atoms with Crippen LogP contribution in [-0.4, -0.2) is 0 Å². The Morgan fingerprint density at radius 3 is 2.00 bits per heavy atom. The highest BCUT2D eigenvalue weighted by atomic mass is 16.3. The summed E-state index contributed by atoms with van der Waals surface area (Å²) in [5.74, 6) is 0. The van der Waals surface area contributed by atoms with Crippen molar-refractivity contribution < 1.29 is 4.42 Å². The van der Waals surface area contributed by atoms with Gasteiger partial charge in [-0.3, -0.25) is 0 Å². The van der Waals surface area contributed by atoms with E-state index in [9.17, 15) is 0 Å². The fourth-order valence-electron chi connectivity index (χ4n) is 6.70. The molecule has 0 amide bonds. The summed E-state index contributed by atoms with van der Waals surface area (Å²) in [5, 5.41) is 2.31. The Morgan fingerprint density at radius 1 is 0.548 bits per heavy atom. The molecule has 2 heterocycles. The van der Waals surface area contributed by atoms with Crippen molar-refractivity contribution in [2.75, 3.05) is 4.90 Å². The Labute approximate surface area is 246 Å². The SMILES string of the molecule is Cc1ccc2c(c1)C(C)(C)c1cc(-c3ccc(-c4cccc5c4oc4ccccc45)cc3)ccc1N2c1ccccc1. The fraction of sp³-hybridized carbons (Fsp3) is 0.100. The highest BCUT2D eigenvalue weighted by molar-refractivity contribution is 6.09. The molecule has 1 aliphatic rings. The average molecular weight is 542 g/mol. The van der Waals surface area contributed by atoms with Crippen LogP contribution in [0, 0.1) is 6.92 Å². The Kier molecular flexibility index (Phi) is 5.42. The summed E-state index contributed by atoms with van der Waals surface area (Å²) < 4.78 is 6.32. The molecule has 7 aromatic rings. The Morgan fingerprint density at radius 2 is 1.19 bits per heavy atom. The molecule has 2 nitrogen and oxygen atoms in total. The van der Waals surface area contributed by atoms with E-state index >= 15 is 0 Å². The van der Waals surface area contributed by atoms with Gasteiger partial charge in [-0.1, -0.05) is 116 Å². The maximum Gasteiger partial charge on any atom is 0.143 e. The normalized spacial score (nSPS) is 13.7. The van der Waals surface area contributed by atoms with Crippen molar-refractivity contribution in [3.05, 3.63) is 150 Å². The molecule has 0 fully saturated rings. The molecular weight excluding hydrogens is 510 g/mol. The zero-order chi connectivity index (χ0) is 28.4. The molecular formula is C40H31NO. The standard InChI is InChI=1S/C40H31NO/c1-26-16-22-36-34(24-26)40(2,3)35-25-29(21-23-37(35)41(36)30-10-5-4-6-11-30)27-17-19-28(20-18-27)31-13-9-14-33-32-12-7-8-15-38(32)42-39(31)33/h4-25H,1-3H3. The smallest absolute Gasteiger partial charge is 0.143 e. The summed E-state index contributed by atoms with van der Waals surface area (Å²) in [4.78, 5) is 2.41. The zero-order valence-electron chi connectivity index (χ0n) is 24.1. The number of anilines is 3. The molecule has 1 aliphatic heterocycles. The number of nitrogens with zero attached hydrogens (tertiary/aromatic N) is 1. The Balaban J connectivity index is 1.23. The van der Waals surface area contributed by atoms with Gasteiger partial charge in [-0.2, -0.15) is 0 Å². The summed E-state index contributed by atoms with van der Waals surface area (Å²) in [6.45, 7) is 6.89. The van der Waals surface area contributed by atoms with E-state index < -0.39 is 0 Å². The molecule has 6 aromatic carbocycles. The lowest BCUT2D eigenvalue weighted by Gasteiger charge is -2.42. The molecule has 2 heteroatoms.